The SMILES string of the molecule is O[C@@H](COc1ccccc1F)CN1CCN(Cc2csc3ccccc23)CC1. The molecule has 6 heteroatoms. The predicted octanol–water partition coefficient (Wildman–Crippen LogP) is 3.60. The zero-order valence-electron chi connectivity index (χ0n) is 15.8. The number of para-hydroxylation sites is 1. The molecular formula is C22H25FN2O2S. The molecule has 1 saturated heterocycles. The van der Waals surface area contributed by atoms with Crippen molar-refractivity contribution in [2.24, 2.45) is 0 Å². The maximum absolute atomic E-state index is 13.6. The van der Waals surface area contributed by atoms with Gasteiger partial charge in [-0.1, -0.05) is 30.3 Å². The van der Waals surface area contributed by atoms with Crippen LogP contribution in [0.3, 0.4) is 0 Å². The van der Waals surface area contributed by atoms with E-state index in [0.717, 1.165) is 32.7 Å². The van der Waals surface area contributed by atoms with Crippen molar-refractivity contribution in [1.29, 1.82) is 0 Å². The van der Waals surface area contributed by atoms with E-state index in [0.29, 0.717) is 6.54 Å². The maximum atomic E-state index is 13.6. The van der Waals surface area contributed by atoms with Gasteiger partial charge in [0.15, 0.2) is 11.6 Å². The van der Waals surface area contributed by atoms with Crippen LogP contribution in [-0.2, 0) is 6.54 Å². The summed E-state index contributed by atoms with van der Waals surface area (Å²) in [6, 6.07) is 14.8. The summed E-state index contributed by atoms with van der Waals surface area (Å²) in [5.74, 6) is -0.210. The van der Waals surface area contributed by atoms with Gasteiger partial charge in [0.05, 0.1) is 0 Å². The average Bonchev–Trinajstić information content (AvgIpc) is 3.12. The molecule has 0 bridgehead atoms. The van der Waals surface area contributed by atoms with E-state index in [2.05, 4.69) is 39.4 Å². The fourth-order valence-electron chi connectivity index (χ4n) is 3.62. The molecule has 4 nitrogen and oxygen atoms in total. The third-order valence-electron chi connectivity index (χ3n) is 5.16. The second-order valence-corrected chi connectivity index (χ2v) is 8.14. The summed E-state index contributed by atoms with van der Waals surface area (Å²) in [5, 5.41) is 13.9. The minimum atomic E-state index is -0.632. The van der Waals surface area contributed by atoms with Crippen molar-refractivity contribution in [3.05, 3.63) is 65.3 Å². The molecule has 0 saturated carbocycles. The van der Waals surface area contributed by atoms with E-state index >= 15 is 0 Å². The van der Waals surface area contributed by atoms with Crippen LogP contribution in [0.15, 0.2) is 53.9 Å². The standard InChI is InChI=1S/C22H25FN2O2S/c23-20-6-2-3-7-21(20)27-15-18(26)14-25-11-9-24(10-12-25)13-17-16-28-22-8-4-1-5-19(17)22/h1-8,16,18,26H,9-15H2/t18-/m1/s1. The summed E-state index contributed by atoms with van der Waals surface area (Å²) in [6.07, 6.45) is -0.632. The molecule has 1 aliphatic heterocycles. The van der Waals surface area contributed by atoms with Crippen molar-refractivity contribution < 1.29 is 14.2 Å². The largest absolute Gasteiger partial charge is 0.488 e. The molecule has 1 aliphatic rings. The highest BCUT2D eigenvalue weighted by molar-refractivity contribution is 7.17. The molecule has 0 amide bonds. The number of piperazine rings is 1. The number of ether oxygens (including phenoxy) is 1. The number of fused-ring (bicyclic) bond motifs is 1. The summed E-state index contributed by atoms with van der Waals surface area (Å²) < 4.78 is 20.3. The van der Waals surface area contributed by atoms with Crippen molar-refractivity contribution in [2.75, 3.05) is 39.3 Å². The number of nitrogens with zero attached hydrogens (tertiary/aromatic N) is 2. The van der Waals surface area contributed by atoms with Crippen LogP contribution in [0.2, 0.25) is 0 Å². The third-order valence-corrected chi connectivity index (χ3v) is 6.17. The number of aliphatic hydroxyl groups excluding tert-OH is 1. The number of rotatable bonds is 7. The molecule has 1 atom stereocenters. The first kappa shape index (κ1) is 19.3. The molecule has 1 fully saturated rings. The van der Waals surface area contributed by atoms with E-state index in [1.54, 1.807) is 29.5 Å². The fourth-order valence-corrected chi connectivity index (χ4v) is 4.58. The Labute approximate surface area is 168 Å². The number of benzene rings is 2. The Balaban J connectivity index is 1.22. The Kier molecular flexibility index (Phi) is 6.22. The van der Waals surface area contributed by atoms with Gasteiger partial charge in [-0.25, -0.2) is 4.39 Å². The fraction of sp³-hybridized carbons (Fsp3) is 0.364. The lowest BCUT2D eigenvalue weighted by atomic mass is 10.1. The molecule has 4 rings (SSSR count). The first-order valence-electron chi connectivity index (χ1n) is 9.64. The van der Waals surface area contributed by atoms with Gasteiger partial charge in [-0.2, -0.15) is 0 Å². The monoisotopic (exact) mass is 400 g/mol. The Hall–Kier alpha value is -1.99. The van der Waals surface area contributed by atoms with Crippen LogP contribution in [-0.4, -0.2) is 60.3 Å². The van der Waals surface area contributed by atoms with Gasteiger partial charge in [0.1, 0.15) is 12.7 Å². The Bertz CT molecular complexity index is 908. The summed E-state index contributed by atoms with van der Waals surface area (Å²) in [7, 11) is 0. The lowest BCUT2D eigenvalue weighted by Gasteiger charge is -2.35. The van der Waals surface area contributed by atoms with E-state index in [4.69, 9.17) is 4.74 Å². The van der Waals surface area contributed by atoms with Crippen LogP contribution in [0.4, 0.5) is 4.39 Å². The van der Waals surface area contributed by atoms with Gasteiger partial charge in [0.2, 0.25) is 0 Å². The zero-order valence-corrected chi connectivity index (χ0v) is 16.6. The van der Waals surface area contributed by atoms with Crippen molar-refractivity contribution >= 4 is 21.4 Å². The highest BCUT2D eigenvalue weighted by atomic mass is 32.1. The molecule has 1 N–H and O–H groups in total. The van der Waals surface area contributed by atoms with Crippen LogP contribution in [0.25, 0.3) is 10.1 Å². The van der Waals surface area contributed by atoms with Gasteiger partial charge >= 0.3 is 0 Å². The molecule has 2 aromatic carbocycles. The molecule has 3 aromatic rings. The molecule has 2 heterocycles. The molecule has 1 aromatic heterocycles. The van der Waals surface area contributed by atoms with E-state index in [9.17, 15) is 9.50 Å². The highest BCUT2D eigenvalue weighted by Crippen LogP contribution is 2.27. The Morgan fingerprint density at radius 2 is 1.71 bits per heavy atom. The van der Waals surface area contributed by atoms with Crippen LogP contribution >= 0.6 is 11.3 Å². The molecule has 0 unspecified atom stereocenters. The van der Waals surface area contributed by atoms with E-state index in [-0.39, 0.29) is 12.4 Å². The third kappa shape index (κ3) is 4.70. The maximum Gasteiger partial charge on any atom is 0.165 e. The van der Waals surface area contributed by atoms with Crippen molar-refractivity contribution in [3.8, 4) is 5.75 Å². The van der Waals surface area contributed by atoms with Crippen molar-refractivity contribution in [2.45, 2.75) is 12.6 Å². The number of thiophene rings is 1. The van der Waals surface area contributed by atoms with Gasteiger partial charge in [-0.3, -0.25) is 9.80 Å². The summed E-state index contributed by atoms with van der Waals surface area (Å²) in [4.78, 5) is 4.71. The average molecular weight is 401 g/mol. The molecule has 0 aliphatic carbocycles. The van der Waals surface area contributed by atoms with Crippen LogP contribution in [0, 0.1) is 5.82 Å². The Morgan fingerprint density at radius 1 is 1.00 bits per heavy atom. The molecule has 28 heavy (non-hydrogen) atoms. The second-order valence-electron chi connectivity index (χ2n) is 7.23. The molecular weight excluding hydrogens is 375 g/mol. The first-order chi connectivity index (χ1) is 13.7. The number of hydrogen-bond donors (Lipinski definition) is 1. The van der Waals surface area contributed by atoms with Gasteiger partial charge < -0.3 is 9.84 Å². The Morgan fingerprint density at radius 3 is 2.54 bits per heavy atom. The van der Waals surface area contributed by atoms with E-state index < -0.39 is 11.9 Å². The van der Waals surface area contributed by atoms with Crippen LogP contribution < -0.4 is 4.74 Å². The van der Waals surface area contributed by atoms with E-state index in [1.165, 1.54) is 21.7 Å². The first-order valence-corrected chi connectivity index (χ1v) is 10.5. The van der Waals surface area contributed by atoms with Crippen LogP contribution in [0.5, 0.6) is 5.75 Å². The van der Waals surface area contributed by atoms with Gasteiger partial charge in [-0.05, 0) is 34.5 Å². The molecule has 0 spiro atoms. The van der Waals surface area contributed by atoms with Crippen molar-refractivity contribution in [1.82, 2.24) is 9.80 Å². The minimum Gasteiger partial charge on any atom is -0.488 e. The molecule has 148 valence electrons. The van der Waals surface area contributed by atoms with Crippen LogP contribution in [0.1, 0.15) is 5.56 Å². The van der Waals surface area contributed by atoms with E-state index in [1.807, 2.05) is 0 Å². The lowest BCUT2D eigenvalue weighted by Crippen LogP contribution is -2.48. The van der Waals surface area contributed by atoms with Gasteiger partial charge in [0.25, 0.3) is 0 Å². The zero-order chi connectivity index (χ0) is 19.3. The lowest BCUT2D eigenvalue weighted by molar-refractivity contribution is 0.0438. The predicted molar refractivity (Wildman–Crippen MR) is 111 cm³/mol. The quantitative estimate of drug-likeness (QED) is 0.657. The van der Waals surface area contributed by atoms with Gasteiger partial charge in [-0.15, -0.1) is 11.3 Å². The topological polar surface area (TPSA) is 35.9 Å². The summed E-state index contributed by atoms with van der Waals surface area (Å²) in [5.41, 5.74) is 1.40. The summed E-state index contributed by atoms with van der Waals surface area (Å²) >= 11 is 1.81. The molecule has 0 radical (unpaired) electrons. The number of aliphatic hydroxyl groups is 1. The van der Waals surface area contributed by atoms with Gasteiger partial charge in [0, 0.05) is 44.0 Å². The second kappa shape index (κ2) is 9.01. The summed E-state index contributed by atoms with van der Waals surface area (Å²) in [6.45, 7) is 5.40. The van der Waals surface area contributed by atoms with Crippen molar-refractivity contribution in [3.63, 3.8) is 0 Å². The number of halogens is 1. The number of hydrogen-bond acceptors (Lipinski definition) is 5. The highest BCUT2D eigenvalue weighted by Gasteiger charge is 2.20. The smallest absolute Gasteiger partial charge is 0.165 e. The minimum absolute atomic E-state index is 0.0992. The number of β-amino-alcohol motifs (C(OH)–C–C–N with tert-alkyl or cyclic N) is 1. The normalized spacial score (nSPS) is 17.1.